The van der Waals surface area contributed by atoms with E-state index in [0.717, 1.165) is 11.3 Å². The van der Waals surface area contributed by atoms with Crippen molar-refractivity contribution in [2.75, 3.05) is 12.3 Å². The van der Waals surface area contributed by atoms with Crippen LogP contribution in [0.5, 0.6) is 0 Å². The molecule has 6 N–H and O–H groups in total. The van der Waals surface area contributed by atoms with Crippen LogP contribution in [-0.4, -0.2) is 49.4 Å². The number of rotatable bonds is 4. The molecule has 0 spiro atoms. The van der Waals surface area contributed by atoms with Gasteiger partial charge in [0.1, 0.15) is 18.3 Å². The maximum Gasteiger partial charge on any atom is 0.203 e. The van der Waals surface area contributed by atoms with Gasteiger partial charge >= 0.3 is 0 Å². The molecule has 14 heavy (non-hydrogen) atoms. The molecule has 0 aliphatic carbocycles. The molecule has 80 valence electrons. The second kappa shape index (κ2) is 4.62. The monoisotopic (exact) mass is 221 g/mol. The highest BCUT2D eigenvalue weighted by molar-refractivity contribution is 7.15. The van der Waals surface area contributed by atoms with E-state index in [2.05, 4.69) is 10.2 Å². The molecule has 0 amide bonds. The fraction of sp³-hybridized carbons (Fsp3) is 0.667. The number of aliphatic hydroxyl groups is 4. The fourth-order valence-corrected chi connectivity index (χ4v) is 1.47. The van der Waals surface area contributed by atoms with Crippen LogP contribution in [0.15, 0.2) is 0 Å². The summed E-state index contributed by atoms with van der Waals surface area (Å²) >= 11 is 0.905. The number of nitrogens with zero attached hydrogens (tertiary/aromatic N) is 2. The Morgan fingerprint density at radius 3 is 2.36 bits per heavy atom. The van der Waals surface area contributed by atoms with Crippen LogP contribution >= 0.6 is 11.3 Å². The molecule has 1 aromatic heterocycles. The van der Waals surface area contributed by atoms with Crippen molar-refractivity contribution in [2.24, 2.45) is 0 Å². The van der Waals surface area contributed by atoms with Crippen LogP contribution in [0.2, 0.25) is 0 Å². The first-order valence-corrected chi connectivity index (χ1v) is 4.62. The van der Waals surface area contributed by atoms with Crippen LogP contribution in [0.25, 0.3) is 0 Å². The molecule has 1 heterocycles. The van der Waals surface area contributed by atoms with Gasteiger partial charge in [-0.1, -0.05) is 11.3 Å². The van der Waals surface area contributed by atoms with Gasteiger partial charge in [-0.15, -0.1) is 10.2 Å². The summed E-state index contributed by atoms with van der Waals surface area (Å²) in [6, 6.07) is 0. The maximum absolute atomic E-state index is 9.44. The molecule has 0 aromatic carbocycles. The number of hydrogen-bond donors (Lipinski definition) is 5. The van der Waals surface area contributed by atoms with Gasteiger partial charge in [0.05, 0.1) is 6.61 Å². The van der Waals surface area contributed by atoms with Crippen molar-refractivity contribution in [1.82, 2.24) is 10.2 Å². The van der Waals surface area contributed by atoms with E-state index >= 15 is 0 Å². The summed E-state index contributed by atoms with van der Waals surface area (Å²) in [7, 11) is 0. The molecule has 1 rings (SSSR count). The highest BCUT2D eigenvalue weighted by Crippen LogP contribution is 2.23. The van der Waals surface area contributed by atoms with Gasteiger partial charge in [-0.2, -0.15) is 0 Å². The number of nitrogens with two attached hydrogens (primary N) is 1. The van der Waals surface area contributed by atoms with Crippen LogP contribution in [-0.2, 0) is 0 Å². The number of aliphatic hydroxyl groups excluding tert-OH is 4. The molecular weight excluding hydrogens is 210 g/mol. The third-order valence-corrected chi connectivity index (χ3v) is 2.44. The van der Waals surface area contributed by atoms with Gasteiger partial charge < -0.3 is 26.2 Å². The van der Waals surface area contributed by atoms with Gasteiger partial charge in [-0.05, 0) is 0 Å². The Morgan fingerprint density at radius 2 is 1.93 bits per heavy atom. The molecule has 0 aliphatic rings. The van der Waals surface area contributed by atoms with Crippen molar-refractivity contribution in [1.29, 1.82) is 0 Å². The maximum atomic E-state index is 9.44. The van der Waals surface area contributed by atoms with Crippen molar-refractivity contribution < 1.29 is 20.4 Å². The first-order valence-electron chi connectivity index (χ1n) is 3.80. The minimum atomic E-state index is -1.51. The Morgan fingerprint density at radius 1 is 1.29 bits per heavy atom. The Bertz CT molecular complexity index is 294. The topological polar surface area (TPSA) is 133 Å². The highest BCUT2D eigenvalue weighted by Gasteiger charge is 2.28. The lowest BCUT2D eigenvalue weighted by molar-refractivity contribution is -0.0778. The number of hydrogen-bond acceptors (Lipinski definition) is 8. The Kier molecular flexibility index (Phi) is 3.72. The number of aromatic nitrogens is 2. The Labute approximate surface area is 83.5 Å². The second-order valence-electron chi connectivity index (χ2n) is 2.66. The third-order valence-electron chi connectivity index (χ3n) is 1.61. The predicted molar refractivity (Wildman–Crippen MR) is 48.4 cm³/mol. The lowest BCUT2D eigenvalue weighted by atomic mass is 10.1. The van der Waals surface area contributed by atoms with E-state index in [0.29, 0.717) is 0 Å². The molecule has 3 atom stereocenters. The van der Waals surface area contributed by atoms with Crippen molar-refractivity contribution in [3.63, 3.8) is 0 Å². The van der Waals surface area contributed by atoms with Crippen LogP contribution in [0, 0.1) is 0 Å². The quantitative estimate of drug-likeness (QED) is 0.392. The normalized spacial score (nSPS) is 17.7. The molecule has 8 heteroatoms. The summed E-state index contributed by atoms with van der Waals surface area (Å²) in [6.45, 7) is -0.646. The summed E-state index contributed by atoms with van der Waals surface area (Å²) in [4.78, 5) is 0. The largest absolute Gasteiger partial charge is 0.394 e. The highest BCUT2D eigenvalue weighted by atomic mass is 32.1. The van der Waals surface area contributed by atoms with Gasteiger partial charge in [0.15, 0.2) is 5.01 Å². The van der Waals surface area contributed by atoms with Crippen LogP contribution < -0.4 is 5.73 Å². The van der Waals surface area contributed by atoms with Crippen molar-refractivity contribution in [3.8, 4) is 0 Å². The first-order chi connectivity index (χ1) is 6.56. The SMILES string of the molecule is Nc1nnc([C@H](O)[C@@H](O)[C@@H](O)CO)s1. The van der Waals surface area contributed by atoms with E-state index < -0.39 is 24.9 Å². The van der Waals surface area contributed by atoms with E-state index in [9.17, 15) is 10.2 Å². The van der Waals surface area contributed by atoms with Gasteiger partial charge in [-0.3, -0.25) is 0 Å². The van der Waals surface area contributed by atoms with Crippen molar-refractivity contribution >= 4 is 16.5 Å². The lowest BCUT2D eigenvalue weighted by Crippen LogP contribution is -2.34. The van der Waals surface area contributed by atoms with E-state index in [1.54, 1.807) is 0 Å². The van der Waals surface area contributed by atoms with E-state index in [1.165, 1.54) is 0 Å². The summed E-state index contributed by atoms with van der Waals surface area (Å²) < 4.78 is 0. The number of nitrogen functional groups attached to an aromatic ring is 1. The molecule has 1 aromatic rings. The van der Waals surface area contributed by atoms with E-state index in [-0.39, 0.29) is 10.1 Å². The van der Waals surface area contributed by atoms with Crippen LogP contribution in [0.3, 0.4) is 0 Å². The standard InChI is InChI=1S/C6H11N3O4S/c7-6-9-8-5(14-6)4(13)3(12)2(11)1-10/h2-4,10-13H,1H2,(H2,7,9)/t2-,3-,4+/m0/s1. The lowest BCUT2D eigenvalue weighted by Gasteiger charge is -2.18. The fourth-order valence-electron chi connectivity index (χ4n) is 0.831. The predicted octanol–water partition coefficient (Wildman–Crippen LogP) is -2.13. The zero-order chi connectivity index (χ0) is 10.7. The molecule has 0 fully saturated rings. The van der Waals surface area contributed by atoms with Gasteiger partial charge in [0.25, 0.3) is 0 Å². The average Bonchev–Trinajstić information content (AvgIpc) is 2.61. The van der Waals surface area contributed by atoms with Gasteiger partial charge in [0, 0.05) is 0 Å². The molecule has 0 bridgehead atoms. The first kappa shape index (κ1) is 11.3. The molecule has 0 aliphatic heterocycles. The minimum absolute atomic E-state index is 0.0995. The smallest absolute Gasteiger partial charge is 0.203 e. The van der Waals surface area contributed by atoms with Gasteiger partial charge in [-0.25, -0.2) is 0 Å². The third kappa shape index (κ3) is 2.36. The van der Waals surface area contributed by atoms with Crippen LogP contribution in [0.4, 0.5) is 5.13 Å². The zero-order valence-electron chi connectivity index (χ0n) is 7.11. The molecule has 0 saturated heterocycles. The Balaban J connectivity index is 2.69. The number of anilines is 1. The van der Waals surface area contributed by atoms with Crippen molar-refractivity contribution in [2.45, 2.75) is 18.3 Å². The summed E-state index contributed by atoms with van der Waals surface area (Å²) in [5, 5.41) is 43.5. The van der Waals surface area contributed by atoms with Gasteiger partial charge in [0.2, 0.25) is 5.13 Å². The van der Waals surface area contributed by atoms with E-state index in [4.69, 9.17) is 15.9 Å². The summed E-state index contributed by atoms with van der Waals surface area (Å²) in [5.41, 5.74) is 5.27. The summed E-state index contributed by atoms with van der Waals surface area (Å²) in [5.74, 6) is 0. The minimum Gasteiger partial charge on any atom is -0.394 e. The molecule has 0 radical (unpaired) electrons. The molecule has 7 nitrogen and oxygen atoms in total. The van der Waals surface area contributed by atoms with E-state index in [1.807, 2.05) is 0 Å². The molecule has 0 unspecified atom stereocenters. The summed E-state index contributed by atoms with van der Waals surface area (Å²) in [6.07, 6.45) is -4.32. The second-order valence-corrected chi connectivity index (χ2v) is 3.70. The zero-order valence-corrected chi connectivity index (χ0v) is 7.92. The molecule has 0 saturated carbocycles. The van der Waals surface area contributed by atoms with Crippen LogP contribution in [0.1, 0.15) is 11.1 Å². The van der Waals surface area contributed by atoms with Crippen molar-refractivity contribution in [3.05, 3.63) is 5.01 Å². The average molecular weight is 221 g/mol. The molecular formula is C6H11N3O4S. The Hall–Kier alpha value is -0.800.